The molecule has 3 N–H and O–H groups in total. The fourth-order valence-electron chi connectivity index (χ4n) is 3.08. The van der Waals surface area contributed by atoms with Crippen LogP contribution in [0.2, 0.25) is 0 Å². The van der Waals surface area contributed by atoms with Crippen molar-refractivity contribution in [3.8, 4) is 0 Å². The van der Waals surface area contributed by atoms with Crippen LogP contribution in [-0.4, -0.2) is 66.3 Å². The monoisotopic (exact) mass is 348 g/mol. The van der Waals surface area contributed by atoms with Crippen LogP contribution in [0.25, 0.3) is 0 Å². The first-order valence-electron chi connectivity index (χ1n) is 9.33. The molecular weight excluding hydrogens is 316 g/mol. The number of piperazine rings is 1. The SMILES string of the molecule is CCC(CO)NC(=O)NCc1ccccc1CN1CCN(CC)CC1. The van der Waals surface area contributed by atoms with Crippen LogP contribution in [0.1, 0.15) is 31.4 Å². The molecule has 1 aliphatic heterocycles. The van der Waals surface area contributed by atoms with Gasteiger partial charge in [-0.05, 0) is 24.1 Å². The number of nitrogens with zero attached hydrogens (tertiary/aromatic N) is 2. The maximum Gasteiger partial charge on any atom is 0.315 e. The molecule has 0 radical (unpaired) electrons. The van der Waals surface area contributed by atoms with Crippen LogP contribution < -0.4 is 10.6 Å². The van der Waals surface area contributed by atoms with E-state index in [0.29, 0.717) is 13.0 Å². The molecule has 2 rings (SSSR count). The predicted molar refractivity (Wildman–Crippen MR) is 100 cm³/mol. The Balaban J connectivity index is 1.86. The number of benzene rings is 1. The van der Waals surface area contributed by atoms with Gasteiger partial charge in [0.25, 0.3) is 0 Å². The molecule has 1 aromatic carbocycles. The van der Waals surface area contributed by atoms with Gasteiger partial charge in [0, 0.05) is 39.3 Å². The first kappa shape index (κ1) is 19.7. The molecule has 0 aliphatic carbocycles. The Morgan fingerprint density at radius 2 is 1.76 bits per heavy atom. The quantitative estimate of drug-likeness (QED) is 0.664. The number of hydrogen-bond donors (Lipinski definition) is 3. The summed E-state index contributed by atoms with van der Waals surface area (Å²) in [6.07, 6.45) is 0.713. The number of hydrogen-bond acceptors (Lipinski definition) is 4. The maximum absolute atomic E-state index is 12.0. The van der Waals surface area contributed by atoms with Gasteiger partial charge in [-0.1, -0.05) is 38.1 Å². The number of aliphatic hydroxyl groups excluding tert-OH is 1. The van der Waals surface area contributed by atoms with Crippen molar-refractivity contribution in [2.24, 2.45) is 0 Å². The second-order valence-electron chi connectivity index (χ2n) is 6.59. The summed E-state index contributed by atoms with van der Waals surface area (Å²) in [5, 5.41) is 14.9. The molecule has 1 fully saturated rings. The summed E-state index contributed by atoms with van der Waals surface area (Å²) in [7, 11) is 0. The number of carbonyl (C=O) groups is 1. The van der Waals surface area contributed by atoms with Crippen LogP contribution in [0.15, 0.2) is 24.3 Å². The molecule has 140 valence electrons. The standard InChI is InChI=1S/C19H32N4O2/c1-3-18(15-24)21-19(25)20-13-16-7-5-6-8-17(16)14-23-11-9-22(4-2)10-12-23/h5-8,18,24H,3-4,9-15H2,1-2H3,(H2,20,21,25). The maximum atomic E-state index is 12.0. The van der Waals surface area contributed by atoms with Crippen molar-refractivity contribution in [3.05, 3.63) is 35.4 Å². The van der Waals surface area contributed by atoms with Crippen LogP contribution in [0.3, 0.4) is 0 Å². The van der Waals surface area contributed by atoms with Crippen LogP contribution >= 0.6 is 0 Å². The summed E-state index contributed by atoms with van der Waals surface area (Å²) in [5.74, 6) is 0. The van der Waals surface area contributed by atoms with Crippen molar-refractivity contribution in [2.75, 3.05) is 39.3 Å². The van der Waals surface area contributed by atoms with E-state index < -0.39 is 0 Å². The summed E-state index contributed by atoms with van der Waals surface area (Å²) in [5.41, 5.74) is 2.41. The Bertz CT molecular complexity index is 526. The van der Waals surface area contributed by atoms with E-state index >= 15 is 0 Å². The summed E-state index contributed by atoms with van der Waals surface area (Å²) in [6.45, 7) is 11.1. The number of likely N-dealkylation sites (N-methyl/N-ethyl adjacent to an activating group) is 1. The minimum Gasteiger partial charge on any atom is -0.394 e. The van der Waals surface area contributed by atoms with E-state index in [9.17, 15) is 9.90 Å². The number of rotatable bonds is 8. The van der Waals surface area contributed by atoms with Gasteiger partial charge in [-0.25, -0.2) is 4.79 Å². The Labute approximate surface area is 151 Å². The number of aliphatic hydroxyl groups is 1. The highest BCUT2D eigenvalue weighted by molar-refractivity contribution is 5.74. The molecule has 0 saturated carbocycles. The molecule has 0 spiro atoms. The zero-order valence-corrected chi connectivity index (χ0v) is 15.5. The Morgan fingerprint density at radius 1 is 1.12 bits per heavy atom. The summed E-state index contributed by atoms with van der Waals surface area (Å²) >= 11 is 0. The van der Waals surface area contributed by atoms with E-state index in [1.54, 1.807) is 0 Å². The minimum atomic E-state index is -0.229. The third kappa shape index (κ3) is 6.30. The molecule has 0 aromatic heterocycles. The molecule has 1 heterocycles. The highest BCUT2D eigenvalue weighted by atomic mass is 16.3. The molecule has 1 saturated heterocycles. The molecule has 6 heteroatoms. The number of amides is 2. The van der Waals surface area contributed by atoms with E-state index in [2.05, 4.69) is 45.6 Å². The Hall–Kier alpha value is -1.63. The molecule has 1 aromatic rings. The normalized spacial score (nSPS) is 17.2. The first-order valence-corrected chi connectivity index (χ1v) is 9.33. The van der Waals surface area contributed by atoms with E-state index in [-0.39, 0.29) is 18.7 Å². The minimum absolute atomic E-state index is 0.0375. The Morgan fingerprint density at radius 3 is 2.36 bits per heavy atom. The van der Waals surface area contributed by atoms with Crippen molar-refractivity contribution in [3.63, 3.8) is 0 Å². The number of nitrogens with one attached hydrogen (secondary N) is 2. The zero-order valence-electron chi connectivity index (χ0n) is 15.5. The highest BCUT2D eigenvalue weighted by Gasteiger charge is 2.17. The molecule has 1 atom stereocenters. The summed E-state index contributed by atoms with van der Waals surface area (Å²) in [4.78, 5) is 16.9. The van der Waals surface area contributed by atoms with Gasteiger partial charge in [-0.2, -0.15) is 0 Å². The fourth-order valence-corrected chi connectivity index (χ4v) is 3.08. The summed E-state index contributed by atoms with van der Waals surface area (Å²) in [6, 6.07) is 7.86. The van der Waals surface area contributed by atoms with Crippen molar-refractivity contribution in [1.82, 2.24) is 20.4 Å². The van der Waals surface area contributed by atoms with Crippen molar-refractivity contribution < 1.29 is 9.90 Å². The summed E-state index contributed by atoms with van der Waals surface area (Å²) < 4.78 is 0. The topological polar surface area (TPSA) is 67.8 Å². The second-order valence-corrected chi connectivity index (χ2v) is 6.59. The largest absolute Gasteiger partial charge is 0.394 e. The third-order valence-electron chi connectivity index (χ3n) is 4.91. The third-order valence-corrected chi connectivity index (χ3v) is 4.91. The van der Waals surface area contributed by atoms with Gasteiger partial charge < -0.3 is 20.6 Å². The number of carbonyl (C=O) groups excluding carboxylic acids is 1. The van der Waals surface area contributed by atoms with E-state index in [0.717, 1.165) is 44.8 Å². The predicted octanol–water partition coefficient (Wildman–Crippen LogP) is 1.39. The van der Waals surface area contributed by atoms with Crippen LogP contribution in [0, 0.1) is 0 Å². The molecule has 2 amide bonds. The molecule has 0 bridgehead atoms. The van der Waals surface area contributed by atoms with E-state index in [1.807, 2.05) is 13.0 Å². The van der Waals surface area contributed by atoms with Crippen LogP contribution in [0.4, 0.5) is 4.79 Å². The van der Waals surface area contributed by atoms with Gasteiger partial charge in [0.2, 0.25) is 0 Å². The molecular formula is C19H32N4O2. The molecule has 1 unspecified atom stereocenters. The fraction of sp³-hybridized carbons (Fsp3) is 0.632. The van der Waals surface area contributed by atoms with Crippen LogP contribution in [0.5, 0.6) is 0 Å². The average molecular weight is 348 g/mol. The molecule has 6 nitrogen and oxygen atoms in total. The van der Waals surface area contributed by atoms with Crippen LogP contribution in [-0.2, 0) is 13.1 Å². The van der Waals surface area contributed by atoms with Gasteiger partial charge in [-0.15, -0.1) is 0 Å². The lowest BCUT2D eigenvalue weighted by Crippen LogP contribution is -2.45. The van der Waals surface area contributed by atoms with Crippen molar-refractivity contribution in [2.45, 2.75) is 39.4 Å². The average Bonchev–Trinajstić information content (AvgIpc) is 2.66. The number of urea groups is 1. The van der Waals surface area contributed by atoms with Crippen molar-refractivity contribution in [1.29, 1.82) is 0 Å². The second kappa shape index (κ2) is 10.4. The van der Waals surface area contributed by atoms with Gasteiger partial charge in [0.15, 0.2) is 0 Å². The lowest BCUT2D eigenvalue weighted by Gasteiger charge is -2.34. The van der Waals surface area contributed by atoms with Gasteiger partial charge in [0.1, 0.15) is 0 Å². The van der Waals surface area contributed by atoms with Gasteiger partial charge in [0.05, 0.1) is 12.6 Å². The van der Waals surface area contributed by atoms with E-state index in [1.165, 1.54) is 5.56 Å². The zero-order chi connectivity index (χ0) is 18.1. The van der Waals surface area contributed by atoms with Crippen molar-refractivity contribution >= 4 is 6.03 Å². The highest BCUT2D eigenvalue weighted by Crippen LogP contribution is 2.13. The lowest BCUT2D eigenvalue weighted by atomic mass is 10.1. The first-order chi connectivity index (χ1) is 12.2. The smallest absolute Gasteiger partial charge is 0.315 e. The Kier molecular flexibility index (Phi) is 8.18. The van der Waals surface area contributed by atoms with Gasteiger partial charge in [-0.3, -0.25) is 4.90 Å². The lowest BCUT2D eigenvalue weighted by molar-refractivity contribution is 0.131. The van der Waals surface area contributed by atoms with Gasteiger partial charge >= 0.3 is 6.03 Å². The molecule has 1 aliphatic rings. The van der Waals surface area contributed by atoms with E-state index in [4.69, 9.17) is 0 Å². The molecule has 25 heavy (non-hydrogen) atoms.